The molecule has 1 aromatic carbocycles. The number of nitrogens with zero attached hydrogens (tertiary/aromatic N) is 2. The average Bonchev–Trinajstić information content (AvgIpc) is 3.75. The Bertz CT molecular complexity index is 1860. The van der Waals surface area contributed by atoms with E-state index in [0.717, 1.165) is 70.0 Å². The van der Waals surface area contributed by atoms with Gasteiger partial charge in [-0.25, -0.2) is 13.2 Å². The highest BCUT2D eigenvalue weighted by atomic mass is 32.2. The summed E-state index contributed by atoms with van der Waals surface area (Å²) in [6.07, 6.45) is 13.2. The molecule has 2 saturated heterocycles. The third kappa shape index (κ3) is 4.66. The van der Waals surface area contributed by atoms with Gasteiger partial charge in [0.05, 0.1) is 27.4 Å². The first kappa shape index (κ1) is 36.5. The Morgan fingerprint density at radius 2 is 1.75 bits per heavy atom. The number of carbonyl (C=O) groups is 1. The molecule has 7 nitrogen and oxygen atoms in total. The largest absolute Gasteiger partial charge is 0.478 e. The van der Waals surface area contributed by atoms with E-state index in [4.69, 9.17) is 11.4 Å². The zero-order valence-electron chi connectivity index (χ0n) is 32.5. The second kappa shape index (κ2) is 11.8. The highest BCUT2D eigenvalue weighted by Crippen LogP contribution is 2.79. The number of aromatic carboxylic acids is 1. The van der Waals surface area contributed by atoms with Crippen LogP contribution < -0.4 is 5.32 Å². The van der Waals surface area contributed by atoms with E-state index in [1.807, 2.05) is 12.1 Å². The van der Waals surface area contributed by atoms with E-state index >= 15 is 0 Å². The lowest BCUT2D eigenvalue weighted by Gasteiger charge is -2.71. The average molecular weight is 729 g/mol. The fourth-order valence-corrected chi connectivity index (χ4v) is 17.2. The van der Waals surface area contributed by atoms with Crippen molar-refractivity contribution in [3.8, 4) is 6.57 Å². The molecule has 0 radical (unpaired) electrons. The van der Waals surface area contributed by atoms with Gasteiger partial charge in [-0.3, -0.25) is 4.90 Å². The van der Waals surface area contributed by atoms with Gasteiger partial charge in [-0.1, -0.05) is 69.8 Å². The Labute approximate surface area is 312 Å². The lowest BCUT2D eigenvalue weighted by molar-refractivity contribution is -0.218. The molecule has 2 heterocycles. The Hall–Kier alpha value is -2.47. The number of likely N-dealkylation sites (tertiary alicyclic amines) is 1. The lowest BCUT2D eigenvalue weighted by atomic mass is 9.30. The molecule has 2 aliphatic heterocycles. The number of hydrogen-bond donors (Lipinski definition) is 2. The van der Waals surface area contributed by atoms with Gasteiger partial charge in [0.2, 0.25) is 0 Å². The van der Waals surface area contributed by atoms with E-state index in [9.17, 15) is 18.3 Å². The fraction of sp³-hybridized carbons (Fsp3) is 0.727. The normalized spacial score (nSPS) is 45.5. The second-order valence-electron chi connectivity index (χ2n) is 19.8. The fourth-order valence-electron chi connectivity index (χ4n) is 15.1. The quantitative estimate of drug-likeness (QED) is 0.275. The summed E-state index contributed by atoms with van der Waals surface area (Å²) in [5.74, 6) is 1.38. The topological polar surface area (TPSA) is 91.1 Å². The van der Waals surface area contributed by atoms with Crippen LogP contribution in [0.4, 0.5) is 0 Å². The minimum Gasteiger partial charge on any atom is -0.478 e. The van der Waals surface area contributed by atoms with Crippen molar-refractivity contribution in [2.24, 2.45) is 45.3 Å². The molecule has 2 bridgehead atoms. The molecule has 6 fully saturated rings. The maximum Gasteiger partial charge on any atom is 0.335 e. The number of hydrogen-bond acceptors (Lipinski definition) is 5. The molecular formula is C44H62N3O4S+. The number of allylic oxidation sites excluding steroid dienone is 3. The summed E-state index contributed by atoms with van der Waals surface area (Å²) in [5, 5.41) is 13.6. The second-order valence-corrected chi connectivity index (χ2v) is 22.1. The Morgan fingerprint density at radius 3 is 2.37 bits per heavy atom. The number of nitrogens with one attached hydrogen (secondary N) is 1. The van der Waals surface area contributed by atoms with Crippen molar-refractivity contribution in [3.05, 3.63) is 58.5 Å². The maximum atomic E-state index is 12.4. The molecule has 0 aromatic heterocycles. The van der Waals surface area contributed by atoms with Gasteiger partial charge in [-0.15, -0.1) is 0 Å². The van der Waals surface area contributed by atoms with Crippen LogP contribution in [0.3, 0.4) is 0 Å². The number of benzene rings is 1. The van der Waals surface area contributed by atoms with Crippen molar-refractivity contribution < 1.29 is 18.3 Å². The lowest BCUT2D eigenvalue weighted by Crippen LogP contribution is -2.74. The van der Waals surface area contributed by atoms with Crippen LogP contribution in [0, 0.1) is 51.9 Å². The van der Waals surface area contributed by atoms with E-state index in [-0.39, 0.29) is 44.0 Å². The smallest absolute Gasteiger partial charge is 0.335 e. The highest BCUT2D eigenvalue weighted by Gasteiger charge is 2.82. The summed E-state index contributed by atoms with van der Waals surface area (Å²) in [6, 6.07) is 7.65. The van der Waals surface area contributed by atoms with Crippen molar-refractivity contribution in [1.29, 1.82) is 0 Å². The van der Waals surface area contributed by atoms with Crippen LogP contribution in [-0.4, -0.2) is 72.2 Å². The van der Waals surface area contributed by atoms with Crippen LogP contribution >= 0.6 is 0 Å². The summed E-state index contributed by atoms with van der Waals surface area (Å²) < 4.78 is 24.8. The summed E-state index contributed by atoms with van der Waals surface area (Å²) in [4.78, 5) is 19.2. The number of carboxylic acid groups (broad SMARTS) is 1. The molecule has 0 spiro atoms. The molecule has 2 N–H and O–H groups in total. The monoisotopic (exact) mass is 728 g/mol. The number of sulfone groups is 1. The van der Waals surface area contributed by atoms with Crippen LogP contribution in [0.2, 0.25) is 0 Å². The van der Waals surface area contributed by atoms with Crippen molar-refractivity contribution in [2.75, 3.05) is 25.4 Å². The van der Waals surface area contributed by atoms with Gasteiger partial charge in [0.1, 0.15) is 0 Å². The standard InChI is InChI=1S/C44H61N3O4S/c1-28(2)33-13-19-43(46-23-24-47-26-32-25-31(47)27-52(32,50)51)22-21-40(5)35(37(33)43)15-20-44(45-8)41(6)17-14-34(29-9-11-30(12-10-29)38(48)49)39(3,4)36(41)16-18-42(40,44)7/h8-12,14,31-33,35-37,46H,1,13,15-27H2,2-7H3/p+1. The Kier molecular flexibility index (Phi) is 8.26. The van der Waals surface area contributed by atoms with Crippen molar-refractivity contribution >= 4 is 21.4 Å². The molecule has 4 saturated carbocycles. The molecule has 5 aliphatic carbocycles. The van der Waals surface area contributed by atoms with Crippen LogP contribution in [0.1, 0.15) is 122 Å². The van der Waals surface area contributed by atoms with Gasteiger partial charge in [0.25, 0.3) is 12.1 Å². The van der Waals surface area contributed by atoms with Gasteiger partial charge >= 0.3 is 5.97 Å². The summed E-state index contributed by atoms with van der Waals surface area (Å²) in [7, 11) is -2.89. The predicted octanol–water partition coefficient (Wildman–Crippen LogP) is 8.33. The summed E-state index contributed by atoms with van der Waals surface area (Å²) in [5.41, 5.74) is 3.55. The zero-order chi connectivity index (χ0) is 37.3. The van der Waals surface area contributed by atoms with E-state index < -0.39 is 15.8 Å². The van der Waals surface area contributed by atoms with E-state index in [0.29, 0.717) is 41.5 Å². The van der Waals surface area contributed by atoms with Crippen LogP contribution in [-0.2, 0) is 9.84 Å². The van der Waals surface area contributed by atoms with Gasteiger partial charge in [-0.05, 0) is 122 Å². The molecule has 11 atom stereocenters. The van der Waals surface area contributed by atoms with Crippen molar-refractivity contribution in [2.45, 2.75) is 128 Å². The molecule has 0 amide bonds. The van der Waals surface area contributed by atoms with Crippen LogP contribution in [0.15, 0.2) is 42.5 Å². The minimum atomic E-state index is -2.89. The summed E-state index contributed by atoms with van der Waals surface area (Å²) in [6.45, 7) is 28.7. The Morgan fingerprint density at radius 1 is 1.02 bits per heavy atom. The molecule has 7 aliphatic rings. The predicted molar refractivity (Wildman–Crippen MR) is 209 cm³/mol. The van der Waals surface area contributed by atoms with E-state index in [2.05, 4.69) is 64.4 Å². The maximum absolute atomic E-state index is 12.4. The first-order valence-corrected chi connectivity index (χ1v) is 21.9. The highest BCUT2D eigenvalue weighted by molar-refractivity contribution is 7.92. The molecule has 52 heavy (non-hydrogen) atoms. The molecule has 8 rings (SSSR count). The molecule has 282 valence electrons. The van der Waals surface area contributed by atoms with E-state index in [1.165, 1.54) is 24.0 Å². The van der Waals surface area contributed by atoms with Crippen molar-refractivity contribution in [3.63, 3.8) is 0 Å². The molecular weight excluding hydrogens is 667 g/mol. The molecule has 11 unspecified atom stereocenters. The van der Waals surface area contributed by atoms with E-state index in [1.54, 1.807) is 12.1 Å². The van der Waals surface area contributed by atoms with Gasteiger partial charge in [0, 0.05) is 37.6 Å². The number of fused-ring (bicyclic) bond motifs is 9. The van der Waals surface area contributed by atoms with Gasteiger partial charge in [-0.2, -0.15) is 0 Å². The SMILES string of the molecule is C#[N+]C12CCC3C4C(C(=C)C)CCC4(NCCN4CC5CC4CS5(=O)=O)CCC3(C)C1(C)CCC1C(C)(C)C(c3ccc(C(=O)O)cc3)=CCC12C. The number of carboxylic acids is 1. The minimum absolute atomic E-state index is 0.0673. The van der Waals surface area contributed by atoms with Crippen molar-refractivity contribution in [1.82, 2.24) is 10.2 Å². The van der Waals surface area contributed by atoms with Crippen LogP contribution in [0.5, 0.6) is 0 Å². The summed E-state index contributed by atoms with van der Waals surface area (Å²) >= 11 is 0. The first-order valence-electron chi connectivity index (χ1n) is 20.2. The van der Waals surface area contributed by atoms with Gasteiger partial charge < -0.3 is 10.4 Å². The third-order valence-electron chi connectivity index (χ3n) is 17.8. The number of rotatable bonds is 7. The molecule has 8 heteroatoms. The van der Waals surface area contributed by atoms with Crippen LogP contribution in [0.25, 0.3) is 10.4 Å². The Balaban J connectivity index is 1.10. The first-order chi connectivity index (χ1) is 24.4. The molecule has 1 aromatic rings. The zero-order valence-corrected chi connectivity index (χ0v) is 33.3. The third-order valence-corrected chi connectivity index (χ3v) is 20.0. The van der Waals surface area contributed by atoms with Gasteiger partial charge in [0.15, 0.2) is 9.84 Å².